The van der Waals surface area contributed by atoms with Gasteiger partial charge in [0.25, 0.3) is 0 Å². The molecule has 0 atom stereocenters. The minimum absolute atomic E-state index is 0.0379. The number of carboxylic acid groups (broad SMARTS) is 1. The zero-order valence-corrected chi connectivity index (χ0v) is 10.6. The molecule has 0 aliphatic carbocycles. The molecule has 2 aromatic rings. The number of alkyl halides is 3. The van der Waals surface area contributed by atoms with E-state index in [4.69, 9.17) is 0 Å². The van der Waals surface area contributed by atoms with Crippen molar-refractivity contribution in [2.45, 2.75) is 12.7 Å². The van der Waals surface area contributed by atoms with Crippen LogP contribution in [-0.4, -0.2) is 11.0 Å². The Morgan fingerprint density at radius 3 is 2.38 bits per heavy atom. The number of hydrogen-bond donors (Lipinski definition) is 1. The van der Waals surface area contributed by atoms with Gasteiger partial charge in [0.1, 0.15) is 11.5 Å². The van der Waals surface area contributed by atoms with Crippen molar-refractivity contribution in [1.82, 2.24) is 4.98 Å². The van der Waals surface area contributed by atoms with E-state index in [2.05, 4.69) is 10.3 Å². The number of anilines is 1. The average Bonchev–Trinajstić information content (AvgIpc) is 2.45. The number of nitrogens with one attached hydrogen (secondary N) is 1. The lowest BCUT2D eigenvalue weighted by Crippen LogP contribution is -2.22. The summed E-state index contributed by atoms with van der Waals surface area (Å²) in [6, 6.07) is 9.40. The molecular weight excluding hydrogens is 285 g/mol. The highest BCUT2D eigenvalue weighted by atomic mass is 19.4. The second-order valence-corrected chi connectivity index (χ2v) is 4.24. The van der Waals surface area contributed by atoms with Gasteiger partial charge >= 0.3 is 6.18 Å². The quantitative estimate of drug-likeness (QED) is 0.938. The van der Waals surface area contributed by atoms with Crippen molar-refractivity contribution in [3.63, 3.8) is 0 Å². The Kier molecular flexibility index (Phi) is 4.11. The first kappa shape index (κ1) is 14.8. The molecule has 2 rings (SSSR count). The van der Waals surface area contributed by atoms with Crippen LogP contribution in [0.3, 0.4) is 0 Å². The highest BCUT2D eigenvalue weighted by molar-refractivity contribution is 5.85. The van der Waals surface area contributed by atoms with Crippen molar-refractivity contribution >= 4 is 11.8 Å². The summed E-state index contributed by atoms with van der Waals surface area (Å²) in [7, 11) is 0. The summed E-state index contributed by atoms with van der Waals surface area (Å²) < 4.78 is 37.5. The highest BCUT2D eigenvalue weighted by Crippen LogP contribution is 2.28. The Morgan fingerprint density at radius 1 is 1.14 bits per heavy atom. The molecule has 0 unspecified atom stereocenters. The van der Waals surface area contributed by atoms with Crippen LogP contribution in [0.4, 0.5) is 19.0 Å². The van der Waals surface area contributed by atoms with Gasteiger partial charge in [-0.05, 0) is 23.3 Å². The molecule has 0 radical (unpaired) electrons. The van der Waals surface area contributed by atoms with Gasteiger partial charge in [-0.2, -0.15) is 13.2 Å². The number of aromatic carboxylic acids is 1. The Balaban J connectivity index is 2.04. The molecule has 0 spiro atoms. The Morgan fingerprint density at radius 2 is 1.81 bits per heavy atom. The van der Waals surface area contributed by atoms with E-state index in [0.717, 1.165) is 6.07 Å². The Bertz CT molecular complexity index is 639. The van der Waals surface area contributed by atoms with E-state index >= 15 is 0 Å². The largest absolute Gasteiger partial charge is 0.545 e. The van der Waals surface area contributed by atoms with Gasteiger partial charge in [-0.3, -0.25) is 0 Å². The lowest BCUT2D eigenvalue weighted by molar-refractivity contribution is -0.255. The first-order valence-electron chi connectivity index (χ1n) is 5.94. The predicted octanol–water partition coefficient (Wildman–Crippen LogP) is 2.08. The monoisotopic (exact) mass is 295 g/mol. The third-order valence-corrected chi connectivity index (χ3v) is 2.70. The zero-order chi connectivity index (χ0) is 15.5. The van der Waals surface area contributed by atoms with Crippen LogP contribution in [0.25, 0.3) is 0 Å². The number of carbonyl (C=O) groups excluding carboxylic acids is 1. The fourth-order valence-corrected chi connectivity index (χ4v) is 1.64. The molecule has 1 N–H and O–H groups in total. The van der Waals surface area contributed by atoms with E-state index in [1.165, 1.54) is 24.3 Å². The maximum atomic E-state index is 12.5. The summed E-state index contributed by atoms with van der Waals surface area (Å²) in [6.07, 6.45) is -4.49. The van der Waals surface area contributed by atoms with Crippen LogP contribution >= 0.6 is 0 Å². The van der Waals surface area contributed by atoms with Crippen LogP contribution in [0.1, 0.15) is 21.6 Å². The molecule has 21 heavy (non-hydrogen) atoms. The Hall–Kier alpha value is -2.57. The van der Waals surface area contributed by atoms with E-state index in [1.54, 1.807) is 12.1 Å². The van der Waals surface area contributed by atoms with Gasteiger partial charge in [0.2, 0.25) is 0 Å². The number of halogens is 3. The summed E-state index contributed by atoms with van der Waals surface area (Å²) in [4.78, 5) is 14.0. The lowest BCUT2D eigenvalue weighted by Gasteiger charge is -2.10. The number of hydrogen-bond acceptors (Lipinski definition) is 4. The minimum Gasteiger partial charge on any atom is -0.545 e. The van der Waals surface area contributed by atoms with Crippen LogP contribution < -0.4 is 10.4 Å². The maximum absolute atomic E-state index is 12.5. The molecule has 1 aromatic heterocycles. The van der Waals surface area contributed by atoms with E-state index in [9.17, 15) is 23.1 Å². The minimum atomic E-state index is -4.49. The van der Waals surface area contributed by atoms with Gasteiger partial charge in [-0.25, -0.2) is 4.98 Å². The molecule has 0 bridgehead atoms. The van der Waals surface area contributed by atoms with Crippen molar-refractivity contribution in [2.24, 2.45) is 0 Å². The summed E-state index contributed by atoms with van der Waals surface area (Å²) >= 11 is 0. The van der Waals surface area contributed by atoms with Crippen LogP contribution in [0.2, 0.25) is 0 Å². The molecule has 1 aromatic carbocycles. The summed E-state index contributed by atoms with van der Waals surface area (Å²) in [5.74, 6) is -1.19. The second kappa shape index (κ2) is 5.82. The summed E-state index contributed by atoms with van der Waals surface area (Å²) in [5.41, 5.74) is -0.227. The standard InChI is InChI=1S/C14H11F3N2O2/c15-14(16,17)11-2-1-3-12(19-11)18-8-9-4-6-10(7-5-9)13(20)21/h1-7H,8H2,(H,18,19)(H,20,21)/p-1. The summed E-state index contributed by atoms with van der Waals surface area (Å²) in [5, 5.41) is 13.3. The zero-order valence-electron chi connectivity index (χ0n) is 10.6. The number of aromatic nitrogens is 1. The van der Waals surface area contributed by atoms with E-state index < -0.39 is 17.8 Å². The molecule has 7 heteroatoms. The molecule has 4 nitrogen and oxygen atoms in total. The van der Waals surface area contributed by atoms with Gasteiger partial charge in [0.15, 0.2) is 0 Å². The van der Waals surface area contributed by atoms with Crippen LogP contribution in [-0.2, 0) is 12.7 Å². The Labute approximate surface area is 118 Å². The maximum Gasteiger partial charge on any atom is 0.433 e. The van der Waals surface area contributed by atoms with E-state index in [1.807, 2.05) is 0 Å². The fourth-order valence-electron chi connectivity index (χ4n) is 1.64. The second-order valence-electron chi connectivity index (χ2n) is 4.24. The van der Waals surface area contributed by atoms with Crippen LogP contribution in [0.15, 0.2) is 42.5 Å². The fraction of sp³-hybridized carbons (Fsp3) is 0.143. The first-order chi connectivity index (χ1) is 9.86. The first-order valence-corrected chi connectivity index (χ1v) is 5.94. The molecule has 1 heterocycles. The average molecular weight is 295 g/mol. The molecule has 0 saturated carbocycles. The predicted molar refractivity (Wildman–Crippen MR) is 67.3 cm³/mol. The summed E-state index contributed by atoms with van der Waals surface area (Å²) in [6.45, 7) is 0.224. The number of pyridine rings is 1. The smallest absolute Gasteiger partial charge is 0.433 e. The normalized spacial score (nSPS) is 11.2. The van der Waals surface area contributed by atoms with E-state index in [0.29, 0.717) is 5.56 Å². The molecule has 0 aliphatic heterocycles. The third kappa shape index (κ3) is 3.95. The number of carboxylic acids is 1. The van der Waals surface area contributed by atoms with E-state index in [-0.39, 0.29) is 17.9 Å². The molecule has 0 saturated heterocycles. The van der Waals surface area contributed by atoms with Crippen LogP contribution in [0, 0.1) is 0 Å². The van der Waals surface area contributed by atoms with Crippen molar-refractivity contribution in [1.29, 1.82) is 0 Å². The molecule has 110 valence electrons. The van der Waals surface area contributed by atoms with Gasteiger partial charge in [0, 0.05) is 6.54 Å². The van der Waals surface area contributed by atoms with Crippen molar-refractivity contribution < 1.29 is 23.1 Å². The molecule has 0 fully saturated rings. The van der Waals surface area contributed by atoms with Crippen molar-refractivity contribution in [3.8, 4) is 0 Å². The number of nitrogens with zero attached hydrogens (tertiary/aromatic N) is 1. The van der Waals surface area contributed by atoms with Gasteiger partial charge in [-0.1, -0.05) is 30.3 Å². The topological polar surface area (TPSA) is 65.0 Å². The number of carbonyl (C=O) groups is 1. The van der Waals surface area contributed by atoms with Gasteiger partial charge < -0.3 is 15.2 Å². The number of rotatable bonds is 4. The SMILES string of the molecule is O=C([O-])c1ccc(CNc2cccc(C(F)(F)F)n2)cc1. The van der Waals surface area contributed by atoms with Gasteiger partial charge in [0.05, 0.1) is 5.97 Å². The molecule has 0 aliphatic rings. The van der Waals surface area contributed by atoms with Crippen molar-refractivity contribution in [3.05, 3.63) is 59.3 Å². The third-order valence-electron chi connectivity index (χ3n) is 2.70. The van der Waals surface area contributed by atoms with Crippen molar-refractivity contribution in [2.75, 3.05) is 5.32 Å². The number of benzene rings is 1. The molecule has 0 amide bonds. The molecular formula is C14H10F3N2O2-. The van der Waals surface area contributed by atoms with Crippen LogP contribution in [0.5, 0.6) is 0 Å². The highest BCUT2D eigenvalue weighted by Gasteiger charge is 2.32. The lowest BCUT2D eigenvalue weighted by atomic mass is 10.1. The van der Waals surface area contributed by atoms with Gasteiger partial charge in [-0.15, -0.1) is 0 Å².